The molecule has 0 aliphatic heterocycles. The molecule has 0 aliphatic carbocycles. The Balaban J connectivity index is 1.75. The average molecular weight is 376 g/mol. The second-order valence-corrected chi connectivity index (χ2v) is 6.45. The zero-order valence-electron chi connectivity index (χ0n) is 14.8. The molecule has 0 saturated heterocycles. The lowest BCUT2D eigenvalue weighted by molar-refractivity contribution is -0.139. The van der Waals surface area contributed by atoms with Gasteiger partial charge in [0.1, 0.15) is 0 Å². The summed E-state index contributed by atoms with van der Waals surface area (Å²) in [5.74, 6) is -0.460. The Labute approximate surface area is 154 Å². The van der Waals surface area contributed by atoms with Crippen LogP contribution in [0.3, 0.4) is 0 Å². The number of aliphatic hydroxyl groups excluding tert-OH is 1. The molecule has 0 bridgehead atoms. The number of benzene rings is 2. The average Bonchev–Trinajstić information content (AvgIpc) is 2.92. The zero-order valence-corrected chi connectivity index (χ0v) is 14.8. The van der Waals surface area contributed by atoms with E-state index in [4.69, 9.17) is 0 Å². The topological polar surface area (TPSA) is 65.1 Å². The molecular weight excluding hydrogens is 357 g/mol. The minimum Gasteiger partial charge on any atom is -0.387 e. The van der Waals surface area contributed by atoms with Crippen LogP contribution < -0.4 is 5.32 Å². The van der Waals surface area contributed by atoms with E-state index in [1.807, 2.05) is 13.8 Å². The number of amides is 1. The van der Waals surface area contributed by atoms with E-state index in [9.17, 15) is 23.1 Å². The SMILES string of the molecule is Cc1[nH]c2ccc(C(=O)NCC(O)c3ccccc3C(F)(F)F)cc2c1C. The van der Waals surface area contributed by atoms with Crippen molar-refractivity contribution in [3.63, 3.8) is 0 Å². The van der Waals surface area contributed by atoms with Gasteiger partial charge < -0.3 is 15.4 Å². The van der Waals surface area contributed by atoms with Crippen LogP contribution in [0.25, 0.3) is 10.9 Å². The van der Waals surface area contributed by atoms with Crippen LogP contribution in [-0.2, 0) is 6.18 Å². The van der Waals surface area contributed by atoms with Crippen LogP contribution in [0.4, 0.5) is 13.2 Å². The first-order chi connectivity index (χ1) is 12.7. The van der Waals surface area contributed by atoms with Crippen molar-refractivity contribution in [2.24, 2.45) is 0 Å². The molecule has 1 heterocycles. The Morgan fingerprint density at radius 3 is 2.59 bits per heavy atom. The Morgan fingerprint density at radius 1 is 1.19 bits per heavy atom. The number of rotatable bonds is 4. The fourth-order valence-corrected chi connectivity index (χ4v) is 3.05. The summed E-state index contributed by atoms with van der Waals surface area (Å²) in [7, 11) is 0. The molecule has 1 atom stereocenters. The highest BCUT2D eigenvalue weighted by atomic mass is 19.4. The van der Waals surface area contributed by atoms with Gasteiger partial charge in [-0.2, -0.15) is 13.2 Å². The lowest BCUT2D eigenvalue weighted by Gasteiger charge is -2.18. The molecule has 2 aromatic carbocycles. The van der Waals surface area contributed by atoms with Crippen molar-refractivity contribution in [2.75, 3.05) is 6.54 Å². The Morgan fingerprint density at radius 2 is 1.89 bits per heavy atom. The van der Waals surface area contributed by atoms with Crippen LogP contribution in [0.5, 0.6) is 0 Å². The minimum atomic E-state index is -4.57. The van der Waals surface area contributed by atoms with E-state index in [0.29, 0.717) is 5.56 Å². The molecule has 1 unspecified atom stereocenters. The molecule has 3 rings (SSSR count). The number of halogens is 3. The predicted octanol–water partition coefficient (Wildman–Crippen LogP) is 4.27. The second kappa shape index (κ2) is 7.08. The van der Waals surface area contributed by atoms with Crippen LogP contribution in [0, 0.1) is 13.8 Å². The summed E-state index contributed by atoms with van der Waals surface area (Å²) >= 11 is 0. The van der Waals surface area contributed by atoms with Crippen LogP contribution in [-0.4, -0.2) is 22.5 Å². The van der Waals surface area contributed by atoms with Gasteiger partial charge in [0.15, 0.2) is 0 Å². The van der Waals surface area contributed by atoms with Crippen molar-refractivity contribution in [3.05, 3.63) is 70.4 Å². The van der Waals surface area contributed by atoms with Gasteiger partial charge in [-0.05, 0) is 49.2 Å². The van der Waals surface area contributed by atoms with Crippen molar-refractivity contribution >= 4 is 16.8 Å². The highest BCUT2D eigenvalue weighted by Gasteiger charge is 2.34. The van der Waals surface area contributed by atoms with Gasteiger partial charge in [0.05, 0.1) is 11.7 Å². The van der Waals surface area contributed by atoms with Gasteiger partial charge >= 0.3 is 6.18 Å². The molecule has 0 aliphatic rings. The summed E-state index contributed by atoms with van der Waals surface area (Å²) < 4.78 is 39.2. The second-order valence-electron chi connectivity index (χ2n) is 6.45. The first-order valence-electron chi connectivity index (χ1n) is 8.40. The monoisotopic (exact) mass is 376 g/mol. The van der Waals surface area contributed by atoms with E-state index < -0.39 is 23.8 Å². The highest BCUT2D eigenvalue weighted by molar-refractivity contribution is 5.99. The van der Waals surface area contributed by atoms with Crippen molar-refractivity contribution in [2.45, 2.75) is 26.1 Å². The van der Waals surface area contributed by atoms with Crippen molar-refractivity contribution in [1.82, 2.24) is 10.3 Å². The Hall–Kier alpha value is -2.80. The van der Waals surface area contributed by atoms with Gasteiger partial charge in [-0.3, -0.25) is 4.79 Å². The lowest BCUT2D eigenvalue weighted by atomic mass is 10.0. The standard InChI is InChI=1S/C20H19F3N2O2/c1-11-12(2)25-17-8-7-13(9-15(11)17)19(27)24-10-18(26)14-5-3-4-6-16(14)20(21,22)23/h3-9,18,25-26H,10H2,1-2H3,(H,24,27). The number of H-pyrrole nitrogens is 1. The Kier molecular flexibility index (Phi) is 4.97. The van der Waals surface area contributed by atoms with Crippen LogP contribution >= 0.6 is 0 Å². The third-order valence-corrected chi connectivity index (χ3v) is 4.65. The molecule has 1 aromatic heterocycles. The lowest BCUT2D eigenvalue weighted by Crippen LogP contribution is -2.29. The molecule has 0 fully saturated rings. The first kappa shape index (κ1) is 19.0. The zero-order chi connectivity index (χ0) is 19.8. The Bertz CT molecular complexity index is 993. The maximum Gasteiger partial charge on any atom is 0.416 e. The van der Waals surface area contributed by atoms with E-state index in [2.05, 4.69) is 10.3 Å². The number of carbonyl (C=O) groups is 1. The molecule has 0 radical (unpaired) electrons. The van der Waals surface area contributed by atoms with Gasteiger partial charge in [0.25, 0.3) is 5.91 Å². The number of hydrogen-bond donors (Lipinski definition) is 3. The molecule has 7 heteroatoms. The summed E-state index contributed by atoms with van der Waals surface area (Å²) in [6, 6.07) is 9.92. The maximum absolute atomic E-state index is 13.1. The largest absolute Gasteiger partial charge is 0.416 e. The molecular formula is C20H19F3N2O2. The summed E-state index contributed by atoms with van der Waals surface area (Å²) in [6.45, 7) is 3.55. The van der Waals surface area contributed by atoms with Gasteiger partial charge in [-0.1, -0.05) is 18.2 Å². The molecule has 1 amide bonds. The van der Waals surface area contributed by atoms with Crippen molar-refractivity contribution in [1.29, 1.82) is 0 Å². The number of alkyl halides is 3. The molecule has 4 nitrogen and oxygen atoms in total. The normalized spacial score (nSPS) is 13.0. The van der Waals surface area contributed by atoms with Gasteiger partial charge in [0, 0.05) is 28.7 Å². The van der Waals surface area contributed by atoms with E-state index in [1.165, 1.54) is 18.2 Å². The number of aromatic amines is 1. The van der Waals surface area contributed by atoms with E-state index in [0.717, 1.165) is 28.2 Å². The molecule has 3 aromatic rings. The quantitative estimate of drug-likeness (QED) is 0.637. The third-order valence-electron chi connectivity index (χ3n) is 4.65. The number of fused-ring (bicyclic) bond motifs is 1. The van der Waals surface area contributed by atoms with Crippen LogP contribution in [0.15, 0.2) is 42.5 Å². The summed E-state index contributed by atoms with van der Waals surface area (Å²) in [5.41, 5.74) is 2.13. The fraction of sp³-hybridized carbons (Fsp3) is 0.250. The van der Waals surface area contributed by atoms with Gasteiger partial charge in [-0.25, -0.2) is 0 Å². The van der Waals surface area contributed by atoms with Gasteiger partial charge in [-0.15, -0.1) is 0 Å². The van der Waals surface area contributed by atoms with E-state index in [-0.39, 0.29) is 12.1 Å². The first-order valence-corrected chi connectivity index (χ1v) is 8.40. The van der Waals surface area contributed by atoms with E-state index >= 15 is 0 Å². The predicted molar refractivity (Wildman–Crippen MR) is 96.5 cm³/mol. The van der Waals surface area contributed by atoms with Crippen LogP contribution in [0.1, 0.15) is 38.8 Å². The number of nitrogens with one attached hydrogen (secondary N) is 2. The van der Waals surface area contributed by atoms with Gasteiger partial charge in [0.2, 0.25) is 0 Å². The number of aromatic nitrogens is 1. The minimum absolute atomic E-state index is 0.266. The molecule has 0 spiro atoms. The summed E-state index contributed by atoms with van der Waals surface area (Å²) in [6.07, 6.45) is -6.04. The van der Waals surface area contributed by atoms with Crippen LogP contribution in [0.2, 0.25) is 0 Å². The molecule has 0 saturated carbocycles. The molecule has 27 heavy (non-hydrogen) atoms. The molecule has 3 N–H and O–H groups in total. The van der Waals surface area contributed by atoms with Crippen molar-refractivity contribution in [3.8, 4) is 0 Å². The molecule has 142 valence electrons. The highest BCUT2D eigenvalue weighted by Crippen LogP contribution is 2.34. The maximum atomic E-state index is 13.1. The van der Waals surface area contributed by atoms with Crippen molar-refractivity contribution < 1.29 is 23.1 Å². The summed E-state index contributed by atoms with van der Waals surface area (Å²) in [4.78, 5) is 15.6. The number of carbonyl (C=O) groups excluding carboxylic acids is 1. The number of hydrogen-bond acceptors (Lipinski definition) is 2. The number of aryl methyl sites for hydroxylation is 2. The third kappa shape index (κ3) is 3.83. The van der Waals surface area contributed by atoms with E-state index in [1.54, 1.807) is 18.2 Å². The fourth-order valence-electron chi connectivity index (χ4n) is 3.05. The smallest absolute Gasteiger partial charge is 0.387 e. The number of aliphatic hydroxyl groups is 1. The summed E-state index contributed by atoms with van der Waals surface area (Å²) in [5, 5.41) is 13.6.